The van der Waals surface area contributed by atoms with Crippen LogP contribution in [-0.2, 0) is 0 Å². The summed E-state index contributed by atoms with van der Waals surface area (Å²) in [6.07, 6.45) is 0. The fourth-order valence-corrected chi connectivity index (χ4v) is 2.07. The third kappa shape index (κ3) is 2.36. The minimum atomic E-state index is 0.441. The van der Waals surface area contributed by atoms with Gasteiger partial charge in [-0.2, -0.15) is 5.26 Å². The van der Waals surface area contributed by atoms with Gasteiger partial charge in [-0.3, -0.25) is 0 Å². The highest BCUT2D eigenvalue weighted by molar-refractivity contribution is 6.36. The number of hydrogen-bond acceptors (Lipinski definition) is 2. The summed E-state index contributed by atoms with van der Waals surface area (Å²) in [7, 11) is 0. The standard InChI is InChI=1S/C13H8Cl2N2/c14-10-3-4-11(12(15)6-10)8-1-2-9(7-16)13(17)5-8/h1-6H,17H2. The van der Waals surface area contributed by atoms with Crippen LogP contribution in [0.15, 0.2) is 36.4 Å². The lowest BCUT2D eigenvalue weighted by Gasteiger charge is -2.06. The molecule has 2 N–H and O–H groups in total. The molecule has 0 amide bonds. The SMILES string of the molecule is N#Cc1ccc(-c2ccc(Cl)cc2Cl)cc1N. The first-order chi connectivity index (χ1) is 8.11. The summed E-state index contributed by atoms with van der Waals surface area (Å²) in [5.41, 5.74) is 8.36. The van der Waals surface area contributed by atoms with Crippen molar-refractivity contribution in [1.82, 2.24) is 0 Å². The normalized spacial score (nSPS) is 9.94. The Hall–Kier alpha value is -1.69. The van der Waals surface area contributed by atoms with Crippen LogP contribution >= 0.6 is 23.2 Å². The monoisotopic (exact) mass is 262 g/mol. The van der Waals surface area contributed by atoms with Crippen LogP contribution in [0.5, 0.6) is 0 Å². The maximum absolute atomic E-state index is 8.80. The number of nitriles is 1. The Labute approximate surface area is 109 Å². The van der Waals surface area contributed by atoms with E-state index in [-0.39, 0.29) is 0 Å². The van der Waals surface area contributed by atoms with E-state index in [0.717, 1.165) is 11.1 Å². The van der Waals surface area contributed by atoms with Crippen LogP contribution in [0, 0.1) is 11.3 Å². The van der Waals surface area contributed by atoms with Gasteiger partial charge in [0.25, 0.3) is 0 Å². The van der Waals surface area contributed by atoms with Crippen molar-refractivity contribution in [3.63, 3.8) is 0 Å². The molecule has 0 unspecified atom stereocenters. The molecule has 0 aliphatic rings. The molecule has 4 heteroatoms. The maximum Gasteiger partial charge on any atom is 0.101 e. The summed E-state index contributed by atoms with van der Waals surface area (Å²) >= 11 is 11.9. The van der Waals surface area contributed by atoms with E-state index in [0.29, 0.717) is 21.3 Å². The molecule has 2 aromatic rings. The second kappa shape index (κ2) is 4.67. The molecule has 84 valence electrons. The summed E-state index contributed by atoms with van der Waals surface area (Å²) in [4.78, 5) is 0. The third-order valence-electron chi connectivity index (χ3n) is 2.41. The molecule has 0 fully saturated rings. The van der Waals surface area contributed by atoms with E-state index in [1.54, 1.807) is 24.3 Å². The van der Waals surface area contributed by atoms with E-state index in [1.807, 2.05) is 18.2 Å². The second-order valence-corrected chi connectivity index (χ2v) is 4.38. The highest BCUT2D eigenvalue weighted by atomic mass is 35.5. The van der Waals surface area contributed by atoms with Crippen molar-refractivity contribution in [2.24, 2.45) is 0 Å². The van der Waals surface area contributed by atoms with Crippen LogP contribution in [0.3, 0.4) is 0 Å². The Kier molecular flexibility index (Phi) is 3.23. The Morgan fingerprint density at radius 1 is 1.06 bits per heavy atom. The van der Waals surface area contributed by atoms with E-state index >= 15 is 0 Å². The first-order valence-corrected chi connectivity index (χ1v) is 5.62. The van der Waals surface area contributed by atoms with Gasteiger partial charge in [0.15, 0.2) is 0 Å². The van der Waals surface area contributed by atoms with Gasteiger partial charge >= 0.3 is 0 Å². The van der Waals surface area contributed by atoms with Gasteiger partial charge in [-0.05, 0) is 29.8 Å². The summed E-state index contributed by atoms with van der Waals surface area (Å²) in [6, 6.07) is 12.5. The van der Waals surface area contributed by atoms with Gasteiger partial charge in [0.05, 0.1) is 11.3 Å². The van der Waals surface area contributed by atoms with Crippen LogP contribution in [0.1, 0.15) is 5.56 Å². The fraction of sp³-hybridized carbons (Fsp3) is 0. The van der Waals surface area contributed by atoms with Gasteiger partial charge in [0.1, 0.15) is 6.07 Å². The Morgan fingerprint density at radius 3 is 2.41 bits per heavy atom. The summed E-state index contributed by atoms with van der Waals surface area (Å²) in [6.45, 7) is 0. The minimum Gasteiger partial charge on any atom is -0.398 e. The molecule has 0 saturated heterocycles. The van der Waals surface area contributed by atoms with E-state index in [2.05, 4.69) is 0 Å². The zero-order chi connectivity index (χ0) is 12.4. The molecule has 2 rings (SSSR count). The number of nitrogen functional groups attached to an aromatic ring is 1. The lowest BCUT2D eigenvalue weighted by Crippen LogP contribution is -1.91. The zero-order valence-electron chi connectivity index (χ0n) is 8.74. The van der Waals surface area contributed by atoms with E-state index in [1.165, 1.54) is 0 Å². The van der Waals surface area contributed by atoms with Crippen LogP contribution in [0.25, 0.3) is 11.1 Å². The van der Waals surface area contributed by atoms with Crippen molar-refractivity contribution in [3.05, 3.63) is 52.0 Å². The molecule has 2 nitrogen and oxygen atoms in total. The number of hydrogen-bond donors (Lipinski definition) is 1. The van der Waals surface area contributed by atoms with Gasteiger partial charge in [-0.1, -0.05) is 35.3 Å². The molecular formula is C13H8Cl2N2. The maximum atomic E-state index is 8.80. The summed E-state index contributed by atoms with van der Waals surface area (Å²) < 4.78 is 0. The largest absolute Gasteiger partial charge is 0.398 e. The van der Waals surface area contributed by atoms with Crippen molar-refractivity contribution in [1.29, 1.82) is 5.26 Å². The number of anilines is 1. The quantitative estimate of drug-likeness (QED) is 0.787. The number of nitrogens with two attached hydrogens (primary N) is 1. The van der Waals surface area contributed by atoms with Crippen LogP contribution in [0.2, 0.25) is 10.0 Å². The molecule has 2 aromatic carbocycles. The van der Waals surface area contributed by atoms with Crippen LogP contribution < -0.4 is 5.73 Å². The molecule has 17 heavy (non-hydrogen) atoms. The Bertz CT molecular complexity index is 615. The molecule has 0 atom stereocenters. The molecule has 0 aromatic heterocycles. The Morgan fingerprint density at radius 2 is 1.82 bits per heavy atom. The minimum absolute atomic E-state index is 0.441. The molecule has 0 bridgehead atoms. The van der Waals surface area contributed by atoms with Crippen molar-refractivity contribution in [2.75, 3.05) is 5.73 Å². The third-order valence-corrected chi connectivity index (χ3v) is 2.96. The van der Waals surface area contributed by atoms with Crippen molar-refractivity contribution >= 4 is 28.9 Å². The predicted molar refractivity (Wildman–Crippen MR) is 71.0 cm³/mol. The number of halogens is 2. The van der Waals surface area contributed by atoms with E-state index < -0.39 is 0 Å². The van der Waals surface area contributed by atoms with Gasteiger partial charge in [0.2, 0.25) is 0 Å². The van der Waals surface area contributed by atoms with Crippen LogP contribution in [0.4, 0.5) is 5.69 Å². The average molecular weight is 263 g/mol. The summed E-state index contributed by atoms with van der Waals surface area (Å²) in [5.74, 6) is 0. The molecule has 0 aliphatic heterocycles. The fourth-order valence-electron chi connectivity index (χ4n) is 1.56. The van der Waals surface area contributed by atoms with Gasteiger partial charge in [-0.25, -0.2) is 0 Å². The first-order valence-electron chi connectivity index (χ1n) is 4.87. The molecule has 0 radical (unpaired) electrons. The lowest BCUT2D eigenvalue weighted by atomic mass is 10.0. The Balaban J connectivity index is 2.54. The van der Waals surface area contributed by atoms with Crippen LogP contribution in [-0.4, -0.2) is 0 Å². The smallest absolute Gasteiger partial charge is 0.101 e. The molecule has 0 heterocycles. The number of benzene rings is 2. The highest BCUT2D eigenvalue weighted by Crippen LogP contribution is 2.31. The second-order valence-electron chi connectivity index (χ2n) is 3.54. The van der Waals surface area contributed by atoms with Gasteiger partial charge in [0, 0.05) is 15.6 Å². The predicted octanol–water partition coefficient (Wildman–Crippen LogP) is 4.11. The van der Waals surface area contributed by atoms with Crippen molar-refractivity contribution < 1.29 is 0 Å². The van der Waals surface area contributed by atoms with Crippen molar-refractivity contribution in [3.8, 4) is 17.2 Å². The zero-order valence-corrected chi connectivity index (χ0v) is 10.3. The first kappa shape index (κ1) is 11.8. The number of nitrogens with zero attached hydrogens (tertiary/aromatic N) is 1. The van der Waals surface area contributed by atoms with Gasteiger partial charge in [-0.15, -0.1) is 0 Å². The van der Waals surface area contributed by atoms with Crippen molar-refractivity contribution in [2.45, 2.75) is 0 Å². The summed E-state index contributed by atoms with van der Waals surface area (Å²) in [5, 5.41) is 9.94. The average Bonchev–Trinajstić information content (AvgIpc) is 2.29. The topological polar surface area (TPSA) is 49.8 Å². The molecule has 0 aliphatic carbocycles. The lowest BCUT2D eigenvalue weighted by molar-refractivity contribution is 1.48. The number of rotatable bonds is 1. The molecule has 0 spiro atoms. The molecule has 0 saturated carbocycles. The molecular weight excluding hydrogens is 255 g/mol. The highest BCUT2D eigenvalue weighted by Gasteiger charge is 2.06. The van der Waals surface area contributed by atoms with E-state index in [9.17, 15) is 0 Å². The van der Waals surface area contributed by atoms with Gasteiger partial charge < -0.3 is 5.73 Å². The van der Waals surface area contributed by atoms with E-state index in [4.69, 9.17) is 34.2 Å².